The molecule has 5 nitrogen and oxygen atoms in total. The summed E-state index contributed by atoms with van der Waals surface area (Å²) < 4.78 is 5.49. The average molecular weight is 306 g/mol. The second-order valence-electron chi connectivity index (χ2n) is 5.69. The van der Waals surface area contributed by atoms with Gasteiger partial charge in [0.05, 0.1) is 11.4 Å². The molecule has 0 aliphatic carbocycles. The SMILES string of the molecule is CCNC(=NCc1coc(-c2cccs2)n1)NC(C)(C)C. The van der Waals surface area contributed by atoms with E-state index >= 15 is 0 Å². The van der Waals surface area contributed by atoms with Crippen molar-refractivity contribution in [2.75, 3.05) is 6.54 Å². The highest BCUT2D eigenvalue weighted by Gasteiger charge is 2.12. The Balaban J connectivity index is 2.04. The third-order valence-corrected chi connectivity index (χ3v) is 3.38. The van der Waals surface area contributed by atoms with Crippen molar-refractivity contribution in [1.82, 2.24) is 15.6 Å². The van der Waals surface area contributed by atoms with Crippen molar-refractivity contribution >= 4 is 17.3 Å². The van der Waals surface area contributed by atoms with Crippen LogP contribution in [0.15, 0.2) is 33.2 Å². The maximum absolute atomic E-state index is 5.49. The molecule has 0 bridgehead atoms. The van der Waals surface area contributed by atoms with Gasteiger partial charge in [-0.05, 0) is 39.1 Å². The van der Waals surface area contributed by atoms with Crippen molar-refractivity contribution in [2.24, 2.45) is 4.99 Å². The van der Waals surface area contributed by atoms with Crippen LogP contribution in [-0.4, -0.2) is 23.0 Å². The Morgan fingerprint density at radius 3 is 2.86 bits per heavy atom. The number of nitrogens with zero attached hydrogens (tertiary/aromatic N) is 2. The first kappa shape index (κ1) is 15.6. The number of rotatable bonds is 4. The van der Waals surface area contributed by atoms with Crippen molar-refractivity contribution in [3.63, 3.8) is 0 Å². The van der Waals surface area contributed by atoms with Gasteiger partial charge in [-0.3, -0.25) is 0 Å². The second-order valence-corrected chi connectivity index (χ2v) is 6.64. The van der Waals surface area contributed by atoms with Gasteiger partial charge in [-0.1, -0.05) is 6.07 Å². The molecule has 2 aromatic rings. The van der Waals surface area contributed by atoms with Crippen LogP contribution in [0, 0.1) is 0 Å². The largest absolute Gasteiger partial charge is 0.443 e. The number of guanidine groups is 1. The molecule has 0 atom stereocenters. The maximum atomic E-state index is 5.49. The summed E-state index contributed by atoms with van der Waals surface area (Å²) in [5.41, 5.74) is 0.789. The Bertz CT molecular complexity index is 581. The minimum atomic E-state index is -0.0348. The van der Waals surface area contributed by atoms with Gasteiger partial charge in [-0.2, -0.15) is 0 Å². The summed E-state index contributed by atoms with van der Waals surface area (Å²) in [5.74, 6) is 1.44. The van der Waals surface area contributed by atoms with Gasteiger partial charge < -0.3 is 15.1 Å². The topological polar surface area (TPSA) is 62.5 Å². The van der Waals surface area contributed by atoms with E-state index in [-0.39, 0.29) is 5.54 Å². The van der Waals surface area contributed by atoms with Crippen LogP contribution in [0.3, 0.4) is 0 Å². The zero-order valence-electron chi connectivity index (χ0n) is 12.9. The molecule has 0 saturated heterocycles. The Morgan fingerprint density at radius 2 is 2.24 bits per heavy atom. The number of aliphatic imine (C=N–C) groups is 1. The molecule has 0 fully saturated rings. The molecule has 0 amide bonds. The monoisotopic (exact) mass is 306 g/mol. The van der Waals surface area contributed by atoms with Crippen LogP contribution in [0.1, 0.15) is 33.4 Å². The van der Waals surface area contributed by atoms with E-state index in [1.165, 1.54) is 0 Å². The fourth-order valence-electron chi connectivity index (χ4n) is 1.72. The molecule has 0 spiro atoms. The number of hydrogen-bond acceptors (Lipinski definition) is 4. The highest BCUT2D eigenvalue weighted by molar-refractivity contribution is 7.13. The lowest BCUT2D eigenvalue weighted by Gasteiger charge is -2.23. The van der Waals surface area contributed by atoms with Gasteiger partial charge in [0.2, 0.25) is 5.89 Å². The molecule has 114 valence electrons. The molecule has 0 aromatic carbocycles. The maximum Gasteiger partial charge on any atom is 0.236 e. The van der Waals surface area contributed by atoms with Gasteiger partial charge in [0.25, 0.3) is 0 Å². The molecule has 0 aliphatic heterocycles. The second kappa shape index (κ2) is 6.76. The van der Waals surface area contributed by atoms with Gasteiger partial charge in [-0.25, -0.2) is 9.98 Å². The predicted molar refractivity (Wildman–Crippen MR) is 87.5 cm³/mol. The molecule has 2 rings (SSSR count). The lowest BCUT2D eigenvalue weighted by molar-refractivity contribution is 0.501. The average Bonchev–Trinajstić information content (AvgIpc) is 3.05. The lowest BCUT2D eigenvalue weighted by atomic mass is 10.1. The zero-order chi connectivity index (χ0) is 15.3. The van der Waals surface area contributed by atoms with Crippen LogP contribution < -0.4 is 10.6 Å². The third kappa shape index (κ3) is 4.90. The van der Waals surface area contributed by atoms with E-state index in [2.05, 4.69) is 41.4 Å². The Kier molecular flexibility index (Phi) is 5.01. The van der Waals surface area contributed by atoms with Crippen LogP contribution in [0.5, 0.6) is 0 Å². The van der Waals surface area contributed by atoms with E-state index in [1.807, 2.05) is 24.4 Å². The van der Waals surface area contributed by atoms with E-state index in [0.29, 0.717) is 12.4 Å². The summed E-state index contributed by atoms with van der Waals surface area (Å²) in [6.45, 7) is 9.66. The van der Waals surface area contributed by atoms with Gasteiger partial charge in [0.15, 0.2) is 5.96 Å². The van der Waals surface area contributed by atoms with Crippen molar-refractivity contribution in [1.29, 1.82) is 0 Å². The van der Waals surface area contributed by atoms with E-state index in [0.717, 1.165) is 23.1 Å². The normalized spacial score (nSPS) is 12.5. The Labute approximate surface area is 129 Å². The Hall–Kier alpha value is -1.82. The molecule has 0 radical (unpaired) electrons. The number of hydrogen-bond donors (Lipinski definition) is 2. The van der Waals surface area contributed by atoms with Gasteiger partial charge in [-0.15, -0.1) is 11.3 Å². The van der Waals surface area contributed by atoms with Crippen LogP contribution in [0.4, 0.5) is 0 Å². The highest BCUT2D eigenvalue weighted by atomic mass is 32.1. The summed E-state index contributed by atoms with van der Waals surface area (Å²) >= 11 is 1.61. The summed E-state index contributed by atoms with van der Waals surface area (Å²) in [5, 5.41) is 8.58. The summed E-state index contributed by atoms with van der Waals surface area (Å²) in [6, 6.07) is 3.98. The zero-order valence-corrected chi connectivity index (χ0v) is 13.8. The number of oxazole rings is 1. The van der Waals surface area contributed by atoms with E-state index < -0.39 is 0 Å². The number of thiophene rings is 1. The van der Waals surface area contributed by atoms with Crippen LogP contribution in [-0.2, 0) is 6.54 Å². The van der Waals surface area contributed by atoms with E-state index in [4.69, 9.17) is 4.42 Å². The van der Waals surface area contributed by atoms with E-state index in [1.54, 1.807) is 17.6 Å². The van der Waals surface area contributed by atoms with Gasteiger partial charge in [0.1, 0.15) is 12.0 Å². The molecule has 0 aliphatic rings. The third-order valence-electron chi connectivity index (χ3n) is 2.52. The standard InChI is InChI=1S/C15H22N4OS/c1-5-16-14(19-15(2,3)4)17-9-11-10-20-13(18-11)12-7-6-8-21-12/h6-8,10H,5,9H2,1-4H3,(H2,16,17,19). The fraction of sp³-hybridized carbons (Fsp3) is 0.467. The van der Waals surface area contributed by atoms with Crippen molar-refractivity contribution in [3.05, 3.63) is 29.5 Å². The molecule has 6 heteroatoms. The number of aromatic nitrogens is 1. The first-order valence-corrected chi connectivity index (χ1v) is 7.90. The molecule has 0 saturated carbocycles. The quantitative estimate of drug-likeness (QED) is 0.672. The minimum Gasteiger partial charge on any atom is -0.443 e. The molecule has 2 heterocycles. The first-order chi connectivity index (χ1) is 9.98. The molecular formula is C15H22N4OS. The van der Waals surface area contributed by atoms with Crippen LogP contribution >= 0.6 is 11.3 Å². The van der Waals surface area contributed by atoms with Crippen molar-refractivity contribution < 1.29 is 4.42 Å². The Morgan fingerprint density at radius 1 is 1.43 bits per heavy atom. The molecule has 0 unspecified atom stereocenters. The lowest BCUT2D eigenvalue weighted by Crippen LogP contribution is -2.47. The minimum absolute atomic E-state index is 0.0348. The molecule has 2 aromatic heterocycles. The molecular weight excluding hydrogens is 284 g/mol. The van der Waals surface area contributed by atoms with Crippen molar-refractivity contribution in [2.45, 2.75) is 39.8 Å². The van der Waals surface area contributed by atoms with Gasteiger partial charge >= 0.3 is 0 Å². The fourth-order valence-corrected chi connectivity index (χ4v) is 2.37. The summed E-state index contributed by atoms with van der Waals surface area (Å²) in [4.78, 5) is 10.0. The first-order valence-electron chi connectivity index (χ1n) is 7.02. The summed E-state index contributed by atoms with van der Waals surface area (Å²) in [7, 11) is 0. The smallest absolute Gasteiger partial charge is 0.236 e. The highest BCUT2D eigenvalue weighted by Crippen LogP contribution is 2.23. The van der Waals surface area contributed by atoms with Crippen LogP contribution in [0.25, 0.3) is 10.8 Å². The molecule has 2 N–H and O–H groups in total. The number of nitrogens with one attached hydrogen (secondary N) is 2. The van der Waals surface area contributed by atoms with Crippen LogP contribution in [0.2, 0.25) is 0 Å². The molecule has 21 heavy (non-hydrogen) atoms. The van der Waals surface area contributed by atoms with E-state index in [9.17, 15) is 0 Å². The predicted octanol–water partition coefficient (Wildman–Crippen LogP) is 3.26. The summed E-state index contributed by atoms with van der Waals surface area (Å²) in [6.07, 6.45) is 1.67. The van der Waals surface area contributed by atoms with Crippen molar-refractivity contribution in [3.8, 4) is 10.8 Å². The van der Waals surface area contributed by atoms with Gasteiger partial charge in [0, 0.05) is 12.1 Å².